The van der Waals surface area contributed by atoms with Crippen LogP contribution in [0.4, 0.5) is 4.39 Å². The Bertz CT molecular complexity index is 689. The normalized spacial score (nSPS) is 10.2. The quantitative estimate of drug-likeness (QED) is 0.880. The molecule has 1 heterocycles. The van der Waals surface area contributed by atoms with E-state index < -0.39 is 5.82 Å². The van der Waals surface area contributed by atoms with Gasteiger partial charge in [0.1, 0.15) is 0 Å². The molecule has 1 N–H and O–H groups in total. The molecule has 2 amide bonds. The van der Waals surface area contributed by atoms with E-state index in [1.807, 2.05) is 0 Å². The van der Waals surface area contributed by atoms with Crippen LogP contribution in [0.1, 0.15) is 15.2 Å². The average molecular weight is 336 g/mol. The molecule has 122 valence electrons. The van der Waals surface area contributed by atoms with Crippen molar-refractivity contribution in [3.63, 3.8) is 0 Å². The van der Waals surface area contributed by atoms with Gasteiger partial charge in [0.2, 0.25) is 5.91 Å². The van der Waals surface area contributed by atoms with Crippen molar-refractivity contribution < 1.29 is 18.7 Å². The summed E-state index contributed by atoms with van der Waals surface area (Å²) < 4.78 is 18.5. The minimum absolute atomic E-state index is 0.105. The molecule has 0 radical (unpaired) electrons. The van der Waals surface area contributed by atoms with E-state index in [4.69, 9.17) is 4.74 Å². The molecule has 0 unspecified atom stereocenters. The third kappa shape index (κ3) is 4.53. The number of hydrogen-bond acceptors (Lipinski definition) is 4. The number of amides is 2. The highest BCUT2D eigenvalue weighted by Crippen LogP contribution is 2.18. The number of nitrogens with zero attached hydrogens (tertiary/aromatic N) is 1. The van der Waals surface area contributed by atoms with Gasteiger partial charge < -0.3 is 15.0 Å². The number of benzene rings is 1. The number of carbonyl (C=O) groups excluding carboxylic acids is 2. The molecule has 0 fully saturated rings. The van der Waals surface area contributed by atoms with E-state index in [-0.39, 0.29) is 30.7 Å². The van der Waals surface area contributed by atoms with E-state index >= 15 is 0 Å². The summed E-state index contributed by atoms with van der Waals surface area (Å²) in [5.41, 5.74) is 0.642. The van der Waals surface area contributed by atoms with E-state index in [0.717, 1.165) is 0 Å². The van der Waals surface area contributed by atoms with Crippen LogP contribution in [-0.4, -0.2) is 37.4 Å². The smallest absolute Gasteiger partial charge is 0.261 e. The second kappa shape index (κ2) is 7.73. The van der Waals surface area contributed by atoms with Gasteiger partial charge in [-0.3, -0.25) is 9.59 Å². The van der Waals surface area contributed by atoms with Crippen LogP contribution in [0.3, 0.4) is 0 Å². The predicted octanol–water partition coefficient (Wildman–Crippen LogP) is 2.28. The Hall–Kier alpha value is -2.41. The van der Waals surface area contributed by atoms with Crippen LogP contribution in [-0.2, 0) is 11.3 Å². The zero-order valence-electron chi connectivity index (χ0n) is 12.8. The van der Waals surface area contributed by atoms with E-state index in [2.05, 4.69) is 5.32 Å². The molecule has 0 saturated carbocycles. The van der Waals surface area contributed by atoms with Crippen molar-refractivity contribution in [2.75, 3.05) is 20.7 Å². The first kappa shape index (κ1) is 17.0. The number of likely N-dealkylation sites (N-methyl/N-ethyl adjacent to an activating group) is 1. The number of hydrogen-bond donors (Lipinski definition) is 1. The second-order valence-corrected chi connectivity index (χ2v) is 5.83. The van der Waals surface area contributed by atoms with Gasteiger partial charge in [0.25, 0.3) is 5.91 Å². The van der Waals surface area contributed by atoms with Crippen LogP contribution in [0.25, 0.3) is 0 Å². The SMILES string of the molecule is COc1ccc(CN(C)C(=O)CNC(=O)c2cccs2)cc1F. The van der Waals surface area contributed by atoms with Crippen molar-refractivity contribution in [1.29, 1.82) is 0 Å². The molecule has 0 saturated heterocycles. The van der Waals surface area contributed by atoms with Crippen molar-refractivity contribution in [3.8, 4) is 5.75 Å². The largest absolute Gasteiger partial charge is 0.494 e. The maximum absolute atomic E-state index is 13.6. The van der Waals surface area contributed by atoms with Crippen molar-refractivity contribution in [1.82, 2.24) is 10.2 Å². The van der Waals surface area contributed by atoms with Gasteiger partial charge >= 0.3 is 0 Å². The number of ether oxygens (including phenoxy) is 1. The maximum Gasteiger partial charge on any atom is 0.261 e. The lowest BCUT2D eigenvalue weighted by Crippen LogP contribution is -2.37. The Kier molecular flexibility index (Phi) is 5.70. The third-order valence-electron chi connectivity index (χ3n) is 3.21. The van der Waals surface area contributed by atoms with E-state index in [1.165, 1.54) is 35.5 Å². The lowest BCUT2D eigenvalue weighted by Gasteiger charge is -2.18. The second-order valence-electron chi connectivity index (χ2n) is 4.88. The van der Waals surface area contributed by atoms with Crippen LogP contribution in [0.15, 0.2) is 35.7 Å². The average Bonchev–Trinajstić information content (AvgIpc) is 3.07. The topological polar surface area (TPSA) is 58.6 Å². The van der Waals surface area contributed by atoms with Gasteiger partial charge in [-0.2, -0.15) is 0 Å². The summed E-state index contributed by atoms with van der Waals surface area (Å²) >= 11 is 1.31. The zero-order valence-corrected chi connectivity index (χ0v) is 13.7. The Morgan fingerprint density at radius 1 is 1.35 bits per heavy atom. The molecule has 0 aliphatic heterocycles. The summed E-state index contributed by atoms with van der Waals surface area (Å²) in [6.45, 7) is 0.139. The van der Waals surface area contributed by atoms with Crippen molar-refractivity contribution in [2.24, 2.45) is 0 Å². The van der Waals surface area contributed by atoms with Gasteiger partial charge in [0.15, 0.2) is 11.6 Å². The summed E-state index contributed by atoms with van der Waals surface area (Å²) in [5.74, 6) is -0.855. The van der Waals surface area contributed by atoms with E-state index in [0.29, 0.717) is 10.4 Å². The summed E-state index contributed by atoms with van der Waals surface area (Å²) in [6, 6.07) is 7.99. The van der Waals surface area contributed by atoms with E-state index in [9.17, 15) is 14.0 Å². The fourth-order valence-corrected chi connectivity index (χ4v) is 2.60. The molecule has 0 spiro atoms. The minimum Gasteiger partial charge on any atom is -0.494 e. The van der Waals surface area contributed by atoms with Gasteiger partial charge in [-0.05, 0) is 29.1 Å². The summed E-state index contributed by atoms with van der Waals surface area (Å²) in [7, 11) is 2.99. The monoisotopic (exact) mass is 336 g/mol. The summed E-state index contributed by atoms with van der Waals surface area (Å²) in [5, 5.41) is 4.36. The maximum atomic E-state index is 13.6. The molecule has 2 aromatic rings. The number of nitrogens with one attached hydrogen (secondary N) is 1. The van der Waals surface area contributed by atoms with Crippen LogP contribution in [0.2, 0.25) is 0 Å². The van der Waals surface area contributed by atoms with Gasteiger partial charge in [-0.1, -0.05) is 12.1 Å². The highest BCUT2D eigenvalue weighted by Gasteiger charge is 2.13. The van der Waals surface area contributed by atoms with Crippen LogP contribution < -0.4 is 10.1 Å². The molecule has 2 rings (SSSR count). The molecule has 0 bridgehead atoms. The Morgan fingerprint density at radius 3 is 2.74 bits per heavy atom. The fourth-order valence-electron chi connectivity index (χ4n) is 1.96. The standard InChI is InChI=1S/C16H17FN2O3S/c1-19(10-11-5-6-13(22-2)12(17)8-11)15(20)9-18-16(21)14-4-3-7-23-14/h3-8H,9-10H2,1-2H3,(H,18,21). The number of thiophene rings is 1. The van der Waals surface area contributed by atoms with Gasteiger partial charge in [-0.15, -0.1) is 11.3 Å². The molecule has 0 aliphatic carbocycles. The third-order valence-corrected chi connectivity index (χ3v) is 4.08. The predicted molar refractivity (Wildman–Crippen MR) is 86.1 cm³/mol. The summed E-state index contributed by atoms with van der Waals surface area (Å²) in [6.07, 6.45) is 0. The van der Waals surface area contributed by atoms with Crippen LogP contribution in [0.5, 0.6) is 5.75 Å². The molecule has 0 aliphatic rings. The van der Waals surface area contributed by atoms with Gasteiger partial charge in [0, 0.05) is 13.6 Å². The Morgan fingerprint density at radius 2 is 2.13 bits per heavy atom. The van der Waals surface area contributed by atoms with Crippen molar-refractivity contribution >= 4 is 23.2 Å². The lowest BCUT2D eigenvalue weighted by atomic mass is 10.2. The number of carbonyl (C=O) groups is 2. The van der Waals surface area contributed by atoms with Crippen molar-refractivity contribution in [3.05, 3.63) is 52.0 Å². The Balaban J connectivity index is 1.87. The molecule has 0 atom stereocenters. The first-order valence-corrected chi connectivity index (χ1v) is 7.77. The molecule has 1 aromatic carbocycles. The van der Waals surface area contributed by atoms with E-state index in [1.54, 1.807) is 30.6 Å². The first-order chi connectivity index (χ1) is 11.0. The molecule has 1 aromatic heterocycles. The molecular weight excluding hydrogens is 319 g/mol. The van der Waals surface area contributed by atoms with Crippen molar-refractivity contribution in [2.45, 2.75) is 6.54 Å². The number of methoxy groups -OCH3 is 1. The Labute approximate surface area is 137 Å². The lowest BCUT2D eigenvalue weighted by molar-refractivity contribution is -0.129. The molecular formula is C16H17FN2O3S. The summed E-state index contributed by atoms with van der Waals surface area (Å²) in [4.78, 5) is 25.8. The highest BCUT2D eigenvalue weighted by molar-refractivity contribution is 7.12. The van der Waals surface area contributed by atoms with Gasteiger partial charge in [0.05, 0.1) is 18.5 Å². The zero-order chi connectivity index (χ0) is 16.8. The molecule has 5 nitrogen and oxygen atoms in total. The van der Waals surface area contributed by atoms with Gasteiger partial charge in [-0.25, -0.2) is 4.39 Å². The fraction of sp³-hybridized carbons (Fsp3) is 0.250. The number of halogens is 1. The van der Waals surface area contributed by atoms with Crippen LogP contribution >= 0.6 is 11.3 Å². The molecule has 23 heavy (non-hydrogen) atoms. The number of rotatable bonds is 6. The highest BCUT2D eigenvalue weighted by atomic mass is 32.1. The first-order valence-electron chi connectivity index (χ1n) is 6.89. The molecule has 7 heteroatoms. The van der Waals surface area contributed by atoms with Crippen LogP contribution in [0, 0.1) is 5.82 Å². The minimum atomic E-state index is -0.475.